The molecule has 1 atom stereocenters. The number of sulfonamides is 1. The van der Waals surface area contributed by atoms with Crippen molar-refractivity contribution in [3.05, 3.63) is 65.2 Å². The number of benzene rings is 2. The molecule has 26 heavy (non-hydrogen) atoms. The van der Waals surface area contributed by atoms with Crippen molar-refractivity contribution in [2.75, 3.05) is 13.1 Å². The van der Waals surface area contributed by atoms with Crippen molar-refractivity contribution in [2.45, 2.75) is 37.0 Å². The molecule has 1 fully saturated rings. The summed E-state index contributed by atoms with van der Waals surface area (Å²) in [6, 6.07) is 14.3. The fraction of sp³-hybridized carbons (Fsp3) is 0.350. The fourth-order valence-electron chi connectivity index (χ4n) is 3.53. The van der Waals surface area contributed by atoms with Crippen molar-refractivity contribution in [1.82, 2.24) is 4.31 Å². The Morgan fingerprint density at radius 2 is 1.85 bits per heavy atom. The van der Waals surface area contributed by atoms with Crippen LogP contribution in [0.15, 0.2) is 53.4 Å². The van der Waals surface area contributed by atoms with Crippen molar-refractivity contribution in [3.63, 3.8) is 0 Å². The van der Waals surface area contributed by atoms with Crippen LogP contribution in [-0.2, 0) is 21.2 Å². The molecule has 1 heterocycles. The van der Waals surface area contributed by atoms with Gasteiger partial charge in [0.1, 0.15) is 0 Å². The van der Waals surface area contributed by atoms with Crippen molar-refractivity contribution < 1.29 is 18.3 Å². The topological polar surface area (TPSA) is 74.7 Å². The van der Waals surface area contributed by atoms with Crippen molar-refractivity contribution in [2.24, 2.45) is 0 Å². The lowest BCUT2D eigenvalue weighted by Gasteiger charge is -2.33. The van der Waals surface area contributed by atoms with E-state index in [1.807, 2.05) is 31.2 Å². The maximum atomic E-state index is 13.0. The Labute approximate surface area is 154 Å². The van der Waals surface area contributed by atoms with Crippen LogP contribution in [0.5, 0.6) is 0 Å². The summed E-state index contributed by atoms with van der Waals surface area (Å²) in [7, 11) is -3.54. The molecule has 138 valence electrons. The maximum absolute atomic E-state index is 13.0. The van der Waals surface area contributed by atoms with Gasteiger partial charge in [-0.2, -0.15) is 4.31 Å². The zero-order chi connectivity index (χ0) is 18.7. The quantitative estimate of drug-likeness (QED) is 0.873. The highest BCUT2D eigenvalue weighted by atomic mass is 32.2. The molecule has 0 bridgehead atoms. The SMILES string of the molecule is Cc1ccc(S(=O)(=O)N2CCCC(c3ccccc3CC(=O)O)C2)cc1. The first-order valence-corrected chi connectivity index (χ1v) is 10.2. The summed E-state index contributed by atoms with van der Waals surface area (Å²) in [5, 5.41) is 9.14. The molecule has 2 aromatic rings. The second-order valence-corrected chi connectivity index (χ2v) is 8.72. The molecule has 0 radical (unpaired) electrons. The molecule has 5 nitrogen and oxygen atoms in total. The van der Waals surface area contributed by atoms with Gasteiger partial charge in [0.05, 0.1) is 11.3 Å². The number of hydrogen-bond donors (Lipinski definition) is 1. The molecule has 1 unspecified atom stereocenters. The van der Waals surface area contributed by atoms with E-state index >= 15 is 0 Å². The molecule has 1 N–H and O–H groups in total. The molecule has 0 aliphatic carbocycles. The zero-order valence-electron chi connectivity index (χ0n) is 14.8. The molecule has 6 heteroatoms. The van der Waals surface area contributed by atoms with Gasteiger partial charge in [0.25, 0.3) is 0 Å². The molecule has 0 amide bonds. The van der Waals surface area contributed by atoms with Gasteiger partial charge in [-0.05, 0) is 48.9 Å². The summed E-state index contributed by atoms with van der Waals surface area (Å²) in [6.45, 7) is 2.80. The largest absolute Gasteiger partial charge is 0.481 e. The van der Waals surface area contributed by atoms with Crippen LogP contribution in [0.1, 0.15) is 35.4 Å². The Hall–Kier alpha value is -2.18. The summed E-state index contributed by atoms with van der Waals surface area (Å²) >= 11 is 0. The minimum Gasteiger partial charge on any atom is -0.481 e. The number of carboxylic acid groups (broad SMARTS) is 1. The summed E-state index contributed by atoms with van der Waals surface area (Å²) in [5.41, 5.74) is 2.72. The average molecular weight is 373 g/mol. The third-order valence-corrected chi connectivity index (χ3v) is 6.76. The lowest BCUT2D eigenvalue weighted by molar-refractivity contribution is -0.136. The van der Waals surface area contributed by atoms with Gasteiger partial charge in [-0.15, -0.1) is 0 Å². The van der Waals surface area contributed by atoms with E-state index in [2.05, 4.69) is 0 Å². The van der Waals surface area contributed by atoms with Crippen molar-refractivity contribution in [3.8, 4) is 0 Å². The number of aliphatic carboxylic acids is 1. The monoisotopic (exact) mass is 373 g/mol. The van der Waals surface area contributed by atoms with Crippen LogP contribution in [-0.4, -0.2) is 36.9 Å². The fourth-order valence-corrected chi connectivity index (χ4v) is 5.05. The van der Waals surface area contributed by atoms with Gasteiger partial charge in [-0.1, -0.05) is 42.0 Å². The molecule has 1 aliphatic rings. The van der Waals surface area contributed by atoms with Gasteiger partial charge >= 0.3 is 5.97 Å². The minimum absolute atomic E-state index is 0.0134. The molecular weight excluding hydrogens is 350 g/mol. The predicted molar refractivity (Wildman–Crippen MR) is 99.7 cm³/mol. The van der Waals surface area contributed by atoms with Crippen LogP contribution in [0.3, 0.4) is 0 Å². The van der Waals surface area contributed by atoms with Crippen LogP contribution in [0.2, 0.25) is 0 Å². The van der Waals surface area contributed by atoms with Gasteiger partial charge in [-0.3, -0.25) is 4.79 Å². The molecule has 0 saturated carbocycles. The number of hydrogen-bond acceptors (Lipinski definition) is 3. The Bertz CT molecular complexity index is 890. The van der Waals surface area contributed by atoms with E-state index < -0.39 is 16.0 Å². The number of nitrogens with zero attached hydrogens (tertiary/aromatic N) is 1. The molecule has 2 aromatic carbocycles. The summed E-state index contributed by atoms with van der Waals surface area (Å²) in [6.07, 6.45) is 1.57. The first-order chi connectivity index (χ1) is 12.4. The second kappa shape index (κ2) is 7.60. The molecule has 3 rings (SSSR count). The average Bonchev–Trinajstić information content (AvgIpc) is 2.62. The summed E-state index contributed by atoms with van der Waals surface area (Å²) < 4.78 is 27.5. The first-order valence-electron chi connectivity index (χ1n) is 8.74. The van der Waals surface area contributed by atoms with E-state index in [9.17, 15) is 13.2 Å². The first kappa shape index (κ1) is 18.6. The number of aryl methyl sites for hydroxylation is 1. The highest BCUT2D eigenvalue weighted by Crippen LogP contribution is 2.32. The second-order valence-electron chi connectivity index (χ2n) is 6.78. The van der Waals surface area contributed by atoms with Crippen LogP contribution in [0.4, 0.5) is 0 Å². The lowest BCUT2D eigenvalue weighted by Crippen LogP contribution is -2.39. The summed E-state index contributed by atoms with van der Waals surface area (Å²) in [4.78, 5) is 11.4. The normalized spacial score (nSPS) is 18.6. The van der Waals surface area contributed by atoms with E-state index in [4.69, 9.17) is 5.11 Å². The van der Waals surface area contributed by atoms with E-state index in [1.165, 1.54) is 4.31 Å². The van der Waals surface area contributed by atoms with E-state index in [0.29, 0.717) is 18.0 Å². The standard InChI is InChI=1S/C20H23NO4S/c1-15-8-10-18(11-9-15)26(24,25)21-12-4-6-17(14-21)19-7-3-2-5-16(19)13-20(22)23/h2-3,5,7-11,17H,4,6,12-14H2,1H3,(H,22,23). The van der Waals surface area contributed by atoms with E-state index in [1.54, 1.807) is 24.3 Å². The van der Waals surface area contributed by atoms with Gasteiger partial charge < -0.3 is 5.11 Å². The van der Waals surface area contributed by atoms with Crippen molar-refractivity contribution >= 4 is 16.0 Å². The van der Waals surface area contributed by atoms with Gasteiger partial charge in [0.2, 0.25) is 10.0 Å². The van der Waals surface area contributed by atoms with Gasteiger partial charge in [0, 0.05) is 13.1 Å². The molecule has 1 aliphatic heterocycles. The molecule has 0 spiro atoms. The Morgan fingerprint density at radius 1 is 1.15 bits per heavy atom. The van der Waals surface area contributed by atoms with Gasteiger partial charge in [-0.25, -0.2) is 8.42 Å². The predicted octanol–water partition coefficient (Wildman–Crippen LogP) is 3.19. The molecule has 0 aromatic heterocycles. The van der Waals surface area contributed by atoms with Crippen LogP contribution in [0.25, 0.3) is 0 Å². The van der Waals surface area contributed by atoms with Crippen molar-refractivity contribution in [1.29, 1.82) is 0 Å². The van der Waals surface area contributed by atoms with Gasteiger partial charge in [0.15, 0.2) is 0 Å². The van der Waals surface area contributed by atoms with E-state index in [-0.39, 0.29) is 12.3 Å². The minimum atomic E-state index is -3.54. The Morgan fingerprint density at radius 3 is 2.54 bits per heavy atom. The highest BCUT2D eigenvalue weighted by Gasteiger charge is 2.31. The third-order valence-electron chi connectivity index (χ3n) is 4.88. The smallest absolute Gasteiger partial charge is 0.307 e. The van der Waals surface area contributed by atoms with Crippen LogP contribution in [0, 0.1) is 6.92 Å². The Kier molecular flexibility index (Phi) is 5.44. The molecule has 1 saturated heterocycles. The van der Waals surface area contributed by atoms with E-state index in [0.717, 1.165) is 29.5 Å². The lowest BCUT2D eigenvalue weighted by atomic mass is 9.87. The third kappa shape index (κ3) is 3.97. The van der Waals surface area contributed by atoms with Crippen LogP contribution >= 0.6 is 0 Å². The molecular formula is C20H23NO4S. The maximum Gasteiger partial charge on any atom is 0.307 e. The number of carbonyl (C=O) groups is 1. The Balaban J connectivity index is 1.86. The highest BCUT2D eigenvalue weighted by molar-refractivity contribution is 7.89. The number of piperidine rings is 1. The zero-order valence-corrected chi connectivity index (χ0v) is 15.6. The number of rotatable bonds is 5. The van der Waals surface area contributed by atoms with Crippen LogP contribution < -0.4 is 0 Å². The number of carboxylic acids is 1. The summed E-state index contributed by atoms with van der Waals surface area (Å²) in [5.74, 6) is -0.864.